The van der Waals surface area contributed by atoms with Crippen LogP contribution < -0.4 is 10.1 Å². The van der Waals surface area contributed by atoms with Crippen molar-refractivity contribution in [2.24, 2.45) is 0 Å². The molecule has 1 aromatic heterocycles. The van der Waals surface area contributed by atoms with Gasteiger partial charge in [0.1, 0.15) is 28.9 Å². The molecule has 31 heavy (non-hydrogen) atoms. The lowest BCUT2D eigenvalue weighted by atomic mass is 10.2. The number of nitrogens with one attached hydrogen (secondary N) is 1. The molecule has 0 aliphatic rings. The molecule has 1 heterocycles. The van der Waals surface area contributed by atoms with E-state index in [2.05, 4.69) is 10.3 Å². The fourth-order valence-corrected chi connectivity index (χ4v) is 3.89. The number of hydrogen-bond donors (Lipinski definition) is 1. The fraction of sp³-hybridized carbons (Fsp3) is 0.0833. The molecule has 0 atom stereocenters. The van der Waals surface area contributed by atoms with E-state index in [9.17, 15) is 9.18 Å². The third kappa shape index (κ3) is 5.69. The minimum Gasteiger partial charge on any atom is -0.489 e. The summed E-state index contributed by atoms with van der Waals surface area (Å²) in [4.78, 5) is 16.8. The van der Waals surface area contributed by atoms with E-state index in [1.165, 1.54) is 23.5 Å². The monoisotopic (exact) mass is 452 g/mol. The first-order chi connectivity index (χ1) is 15.1. The number of amides is 1. The number of thiazole rings is 1. The van der Waals surface area contributed by atoms with Gasteiger partial charge in [0.25, 0.3) is 5.91 Å². The smallest absolute Gasteiger partial charge is 0.271 e. The molecule has 0 saturated heterocycles. The summed E-state index contributed by atoms with van der Waals surface area (Å²) >= 11 is 7.39. The molecule has 3 aromatic carbocycles. The fourth-order valence-electron chi connectivity index (χ4n) is 2.87. The number of halogens is 2. The second kappa shape index (κ2) is 9.73. The van der Waals surface area contributed by atoms with E-state index >= 15 is 0 Å². The highest BCUT2D eigenvalue weighted by Gasteiger charge is 2.12. The van der Waals surface area contributed by atoms with Crippen molar-refractivity contribution in [3.8, 4) is 16.3 Å². The van der Waals surface area contributed by atoms with Crippen molar-refractivity contribution in [1.82, 2.24) is 10.3 Å². The Bertz CT molecular complexity index is 1180. The lowest BCUT2D eigenvalue weighted by Crippen LogP contribution is -2.23. The minimum absolute atomic E-state index is 0.270. The Kier molecular flexibility index (Phi) is 6.60. The molecule has 0 unspecified atom stereocenters. The molecule has 1 N–H and O–H groups in total. The summed E-state index contributed by atoms with van der Waals surface area (Å²) in [6.07, 6.45) is 0. The van der Waals surface area contributed by atoms with E-state index < -0.39 is 0 Å². The highest BCUT2D eigenvalue weighted by Crippen LogP contribution is 2.26. The molecule has 0 aliphatic heterocycles. The molecule has 156 valence electrons. The Balaban J connectivity index is 1.34. The molecule has 0 saturated carbocycles. The molecule has 0 spiro atoms. The SMILES string of the molecule is O=C(NCc1ccc(F)cc1)c1csc(-c2ccc(OCc3cccc(Cl)c3)cc2)n1. The third-order valence-corrected chi connectivity index (χ3v) is 5.63. The summed E-state index contributed by atoms with van der Waals surface area (Å²) in [6.45, 7) is 0.736. The van der Waals surface area contributed by atoms with Gasteiger partial charge in [0.2, 0.25) is 0 Å². The van der Waals surface area contributed by atoms with E-state index in [4.69, 9.17) is 16.3 Å². The quantitative estimate of drug-likeness (QED) is 0.368. The Morgan fingerprint density at radius 2 is 1.81 bits per heavy atom. The third-order valence-electron chi connectivity index (χ3n) is 4.50. The van der Waals surface area contributed by atoms with Crippen LogP contribution in [0.4, 0.5) is 4.39 Å². The maximum Gasteiger partial charge on any atom is 0.271 e. The number of nitrogens with zero attached hydrogens (tertiary/aromatic N) is 1. The zero-order chi connectivity index (χ0) is 21.6. The zero-order valence-electron chi connectivity index (χ0n) is 16.3. The van der Waals surface area contributed by atoms with E-state index in [-0.39, 0.29) is 11.7 Å². The number of benzene rings is 3. The average molecular weight is 453 g/mol. The molecular weight excluding hydrogens is 435 g/mol. The summed E-state index contributed by atoms with van der Waals surface area (Å²) in [5.41, 5.74) is 3.06. The molecule has 0 bridgehead atoms. The number of carbonyl (C=O) groups excluding carboxylic acids is 1. The van der Waals surface area contributed by atoms with Gasteiger partial charge in [-0.1, -0.05) is 35.9 Å². The Morgan fingerprint density at radius 1 is 1.03 bits per heavy atom. The Labute approximate surface area is 188 Å². The van der Waals surface area contributed by atoms with E-state index in [0.717, 1.165) is 27.4 Å². The second-order valence-corrected chi connectivity index (χ2v) is 8.08. The second-order valence-electron chi connectivity index (χ2n) is 6.79. The van der Waals surface area contributed by atoms with Crippen molar-refractivity contribution in [3.05, 3.63) is 106 Å². The van der Waals surface area contributed by atoms with Crippen molar-refractivity contribution in [1.29, 1.82) is 0 Å². The predicted octanol–water partition coefficient (Wildman–Crippen LogP) is 6.11. The Morgan fingerprint density at radius 3 is 2.55 bits per heavy atom. The van der Waals surface area contributed by atoms with Gasteiger partial charge in [-0.2, -0.15) is 0 Å². The number of carbonyl (C=O) groups is 1. The Hall–Kier alpha value is -3.22. The number of aromatic nitrogens is 1. The van der Waals surface area contributed by atoms with Crippen LogP contribution in [0.3, 0.4) is 0 Å². The first kappa shape index (κ1) is 21.0. The van der Waals surface area contributed by atoms with Gasteiger partial charge in [-0.25, -0.2) is 9.37 Å². The predicted molar refractivity (Wildman–Crippen MR) is 121 cm³/mol. The summed E-state index contributed by atoms with van der Waals surface area (Å²) in [6, 6.07) is 21.1. The van der Waals surface area contributed by atoms with Crippen LogP contribution in [0.1, 0.15) is 21.6 Å². The molecule has 1 amide bonds. The van der Waals surface area contributed by atoms with Gasteiger partial charge in [0, 0.05) is 22.5 Å². The topological polar surface area (TPSA) is 51.2 Å². The molecule has 0 radical (unpaired) electrons. The number of ether oxygens (including phenoxy) is 1. The van der Waals surface area contributed by atoms with Crippen molar-refractivity contribution in [2.45, 2.75) is 13.2 Å². The lowest BCUT2D eigenvalue weighted by Gasteiger charge is -2.07. The first-order valence-corrected chi connectivity index (χ1v) is 10.8. The molecule has 4 rings (SSSR count). The normalized spacial score (nSPS) is 10.6. The van der Waals surface area contributed by atoms with Gasteiger partial charge in [-0.15, -0.1) is 11.3 Å². The van der Waals surface area contributed by atoms with Crippen LogP contribution in [0.2, 0.25) is 5.02 Å². The largest absolute Gasteiger partial charge is 0.489 e. The maximum absolute atomic E-state index is 13.0. The number of rotatable bonds is 7. The average Bonchev–Trinajstić information content (AvgIpc) is 3.28. The van der Waals surface area contributed by atoms with Crippen LogP contribution in [0.5, 0.6) is 5.75 Å². The van der Waals surface area contributed by atoms with Crippen LogP contribution in [0.15, 0.2) is 78.2 Å². The van der Waals surface area contributed by atoms with Gasteiger partial charge in [-0.3, -0.25) is 4.79 Å². The summed E-state index contributed by atoms with van der Waals surface area (Å²) < 4.78 is 18.8. The highest BCUT2D eigenvalue weighted by atomic mass is 35.5. The van der Waals surface area contributed by atoms with Crippen LogP contribution in [-0.2, 0) is 13.2 Å². The molecule has 7 heteroatoms. The van der Waals surface area contributed by atoms with Crippen molar-refractivity contribution < 1.29 is 13.9 Å². The van der Waals surface area contributed by atoms with Crippen LogP contribution in [-0.4, -0.2) is 10.9 Å². The van der Waals surface area contributed by atoms with Crippen molar-refractivity contribution >= 4 is 28.8 Å². The standard InChI is InChI=1S/C24H18ClFN2O2S/c25-19-3-1-2-17(12-19)14-30-21-10-6-18(7-11-21)24-28-22(15-31-24)23(29)27-13-16-4-8-20(26)9-5-16/h1-12,15H,13-14H2,(H,27,29). The van der Waals surface area contributed by atoms with Gasteiger partial charge in [0.05, 0.1) is 0 Å². The molecule has 4 aromatic rings. The highest BCUT2D eigenvalue weighted by molar-refractivity contribution is 7.13. The summed E-state index contributed by atoms with van der Waals surface area (Å²) in [7, 11) is 0. The van der Waals surface area contributed by atoms with Crippen LogP contribution >= 0.6 is 22.9 Å². The van der Waals surface area contributed by atoms with Gasteiger partial charge in [-0.05, 0) is 59.7 Å². The zero-order valence-corrected chi connectivity index (χ0v) is 17.9. The van der Waals surface area contributed by atoms with E-state index in [0.29, 0.717) is 23.9 Å². The van der Waals surface area contributed by atoms with Crippen LogP contribution in [0, 0.1) is 5.82 Å². The molecular formula is C24H18ClFN2O2S. The van der Waals surface area contributed by atoms with Crippen molar-refractivity contribution in [3.63, 3.8) is 0 Å². The summed E-state index contributed by atoms with van der Waals surface area (Å²) in [5, 5.41) is 5.94. The van der Waals surface area contributed by atoms with Gasteiger partial charge in [0.15, 0.2) is 0 Å². The maximum atomic E-state index is 13.0. The minimum atomic E-state index is -0.305. The van der Waals surface area contributed by atoms with Gasteiger partial charge >= 0.3 is 0 Å². The van der Waals surface area contributed by atoms with E-state index in [1.54, 1.807) is 17.5 Å². The number of hydrogen-bond acceptors (Lipinski definition) is 4. The van der Waals surface area contributed by atoms with E-state index in [1.807, 2.05) is 48.5 Å². The molecule has 4 nitrogen and oxygen atoms in total. The first-order valence-electron chi connectivity index (χ1n) is 9.53. The summed E-state index contributed by atoms with van der Waals surface area (Å²) in [5.74, 6) is 0.158. The van der Waals surface area contributed by atoms with Crippen LogP contribution in [0.25, 0.3) is 10.6 Å². The molecule has 0 fully saturated rings. The lowest BCUT2D eigenvalue weighted by molar-refractivity contribution is 0.0946. The molecule has 0 aliphatic carbocycles. The van der Waals surface area contributed by atoms with Crippen molar-refractivity contribution in [2.75, 3.05) is 0 Å². The van der Waals surface area contributed by atoms with Gasteiger partial charge < -0.3 is 10.1 Å².